The van der Waals surface area contributed by atoms with Gasteiger partial charge in [-0.1, -0.05) is 6.92 Å². The lowest BCUT2D eigenvalue weighted by molar-refractivity contribution is -0.137. The number of Topliss-reactive ketones (excluding diaryl/α,β-unsaturated/α-hetero) is 4. The minimum Gasteiger partial charge on any atom is -0.393 e. The molecule has 1 N–H and O–H groups in total. The van der Waals surface area contributed by atoms with Crippen molar-refractivity contribution in [1.29, 1.82) is 0 Å². The molecule has 0 aromatic heterocycles. The van der Waals surface area contributed by atoms with Crippen LogP contribution in [-0.4, -0.2) is 34.3 Å². The zero-order valence-corrected chi connectivity index (χ0v) is 11.8. The maximum Gasteiger partial charge on any atom is 0.198 e. The summed E-state index contributed by atoms with van der Waals surface area (Å²) < 4.78 is 0. The van der Waals surface area contributed by atoms with Gasteiger partial charge in [-0.2, -0.15) is 0 Å². The smallest absolute Gasteiger partial charge is 0.198 e. The predicted octanol–water partition coefficient (Wildman–Crippen LogP) is 1.25. The Morgan fingerprint density at radius 3 is 2.05 bits per heavy atom. The Morgan fingerprint density at radius 1 is 1.00 bits per heavy atom. The van der Waals surface area contributed by atoms with E-state index in [1.54, 1.807) is 13.8 Å². The number of aliphatic hydroxyl groups is 1. The van der Waals surface area contributed by atoms with E-state index in [1.165, 1.54) is 6.92 Å². The highest BCUT2D eigenvalue weighted by molar-refractivity contribution is 6.36. The van der Waals surface area contributed by atoms with Crippen molar-refractivity contribution in [2.24, 2.45) is 5.92 Å². The largest absolute Gasteiger partial charge is 0.393 e. The maximum absolute atomic E-state index is 11.7. The van der Waals surface area contributed by atoms with Crippen LogP contribution < -0.4 is 0 Å². The van der Waals surface area contributed by atoms with Gasteiger partial charge in [0.2, 0.25) is 0 Å². The SMILES string of the molecule is CC(=O)C(=O)CC(C)C(=O)CCC(=O)CCC(C)O. The topological polar surface area (TPSA) is 88.5 Å². The Balaban J connectivity index is 4.00. The van der Waals surface area contributed by atoms with Gasteiger partial charge in [-0.3, -0.25) is 19.2 Å². The molecule has 0 saturated heterocycles. The number of rotatable bonds is 10. The van der Waals surface area contributed by atoms with Gasteiger partial charge in [0.1, 0.15) is 11.6 Å². The zero-order chi connectivity index (χ0) is 15.0. The van der Waals surface area contributed by atoms with Crippen molar-refractivity contribution in [3.63, 3.8) is 0 Å². The lowest BCUT2D eigenvalue weighted by Gasteiger charge is -2.08. The Kier molecular flexibility index (Phi) is 8.07. The quantitative estimate of drug-likeness (QED) is 0.603. The van der Waals surface area contributed by atoms with Crippen LogP contribution in [0.2, 0.25) is 0 Å². The summed E-state index contributed by atoms with van der Waals surface area (Å²) in [5.74, 6) is -1.88. The van der Waals surface area contributed by atoms with Crippen molar-refractivity contribution in [2.45, 2.75) is 59.0 Å². The molecule has 0 aliphatic carbocycles. The van der Waals surface area contributed by atoms with E-state index in [4.69, 9.17) is 5.11 Å². The molecule has 0 heterocycles. The minimum absolute atomic E-state index is 0.0701. The summed E-state index contributed by atoms with van der Waals surface area (Å²) in [5, 5.41) is 9.03. The van der Waals surface area contributed by atoms with Crippen molar-refractivity contribution in [3.8, 4) is 0 Å². The number of carbonyl (C=O) groups excluding carboxylic acids is 4. The first kappa shape index (κ1) is 17.6. The van der Waals surface area contributed by atoms with Crippen LogP contribution in [0, 0.1) is 5.92 Å². The molecule has 2 unspecified atom stereocenters. The van der Waals surface area contributed by atoms with E-state index in [2.05, 4.69) is 0 Å². The number of hydrogen-bond acceptors (Lipinski definition) is 5. The first-order chi connectivity index (χ1) is 8.73. The lowest BCUT2D eigenvalue weighted by Crippen LogP contribution is -2.20. The molecule has 0 rings (SSSR count). The van der Waals surface area contributed by atoms with E-state index in [-0.39, 0.29) is 37.2 Å². The van der Waals surface area contributed by atoms with Gasteiger partial charge in [-0.05, 0) is 13.3 Å². The first-order valence-corrected chi connectivity index (χ1v) is 6.50. The molecular weight excluding hydrogens is 248 g/mol. The molecule has 0 spiro atoms. The Hall–Kier alpha value is -1.36. The van der Waals surface area contributed by atoms with Crippen LogP contribution in [0.15, 0.2) is 0 Å². The molecule has 0 aliphatic rings. The van der Waals surface area contributed by atoms with Crippen LogP contribution >= 0.6 is 0 Å². The van der Waals surface area contributed by atoms with Gasteiger partial charge in [-0.15, -0.1) is 0 Å². The summed E-state index contributed by atoms with van der Waals surface area (Å²) in [6.45, 7) is 4.37. The Morgan fingerprint density at radius 2 is 1.58 bits per heavy atom. The fourth-order valence-corrected chi connectivity index (χ4v) is 1.54. The maximum atomic E-state index is 11.7. The summed E-state index contributed by atoms with van der Waals surface area (Å²) in [5.41, 5.74) is 0. The molecule has 0 bridgehead atoms. The molecule has 0 saturated carbocycles. The molecule has 5 nitrogen and oxygen atoms in total. The van der Waals surface area contributed by atoms with E-state index in [1.807, 2.05) is 0 Å². The third kappa shape index (κ3) is 8.37. The Bertz CT molecular complexity index is 357. The van der Waals surface area contributed by atoms with Crippen LogP contribution in [0.25, 0.3) is 0 Å². The van der Waals surface area contributed by atoms with Crippen molar-refractivity contribution in [1.82, 2.24) is 0 Å². The highest BCUT2D eigenvalue weighted by Gasteiger charge is 2.19. The average molecular weight is 270 g/mol. The third-order valence-electron chi connectivity index (χ3n) is 2.93. The minimum atomic E-state index is -0.554. The summed E-state index contributed by atoms with van der Waals surface area (Å²) in [6, 6.07) is 0. The van der Waals surface area contributed by atoms with Crippen molar-refractivity contribution in [2.75, 3.05) is 0 Å². The third-order valence-corrected chi connectivity index (χ3v) is 2.93. The van der Waals surface area contributed by atoms with Gasteiger partial charge in [0.05, 0.1) is 6.10 Å². The summed E-state index contributed by atoms with van der Waals surface area (Å²) in [4.78, 5) is 45.1. The summed E-state index contributed by atoms with van der Waals surface area (Å²) in [6.07, 6.45) is 0.259. The number of hydrogen-bond donors (Lipinski definition) is 1. The highest BCUT2D eigenvalue weighted by Crippen LogP contribution is 2.10. The molecule has 0 radical (unpaired) electrons. The van der Waals surface area contributed by atoms with E-state index < -0.39 is 23.6 Å². The van der Waals surface area contributed by atoms with Crippen molar-refractivity contribution < 1.29 is 24.3 Å². The second-order valence-corrected chi connectivity index (χ2v) is 4.98. The fourth-order valence-electron chi connectivity index (χ4n) is 1.54. The van der Waals surface area contributed by atoms with Crippen LogP contribution in [0.4, 0.5) is 0 Å². The van der Waals surface area contributed by atoms with Gasteiger partial charge in [0.15, 0.2) is 11.6 Å². The predicted molar refractivity (Wildman–Crippen MR) is 69.6 cm³/mol. The van der Waals surface area contributed by atoms with Gasteiger partial charge < -0.3 is 5.11 Å². The Labute approximate surface area is 113 Å². The molecule has 0 amide bonds. The molecule has 0 aromatic rings. The zero-order valence-electron chi connectivity index (χ0n) is 11.8. The van der Waals surface area contributed by atoms with Crippen LogP contribution in [0.5, 0.6) is 0 Å². The van der Waals surface area contributed by atoms with Crippen molar-refractivity contribution in [3.05, 3.63) is 0 Å². The first-order valence-electron chi connectivity index (χ1n) is 6.50. The molecule has 0 fully saturated rings. The standard InChI is InChI=1S/C14H22O5/c1-9(8-14(19)11(3)16)13(18)7-6-12(17)5-4-10(2)15/h9-10,15H,4-8H2,1-3H3. The highest BCUT2D eigenvalue weighted by atomic mass is 16.3. The molecule has 19 heavy (non-hydrogen) atoms. The van der Waals surface area contributed by atoms with E-state index >= 15 is 0 Å². The van der Waals surface area contributed by atoms with Gasteiger partial charge >= 0.3 is 0 Å². The van der Waals surface area contributed by atoms with Gasteiger partial charge in [0.25, 0.3) is 0 Å². The average Bonchev–Trinajstić information content (AvgIpc) is 2.32. The molecular formula is C14H22O5. The monoisotopic (exact) mass is 270 g/mol. The van der Waals surface area contributed by atoms with E-state index in [0.717, 1.165) is 0 Å². The molecule has 5 heteroatoms. The van der Waals surface area contributed by atoms with Gasteiger partial charge in [0, 0.05) is 38.5 Å². The second-order valence-electron chi connectivity index (χ2n) is 4.98. The van der Waals surface area contributed by atoms with Crippen LogP contribution in [0.3, 0.4) is 0 Å². The normalized spacial score (nSPS) is 13.7. The fraction of sp³-hybridized carbons (Fsp3) is 0.714. The summed E-state index contributed by atoms with van der Waals surface area (Å²) in [7, 11) is 0. The molecule has 0 aliphatic heterocycles. The van der Waals surface area contributed by atoms with Crippen LogP contribution in [-0.2, 0) is 19.2 Å². The summed E-state index contributed by atoms with van der Waals surface area (Å²) >= 11 is 0. The van der Waals surface area contributed by atoms with Crippen molar-refractivity contribution >= 4 is 23.1 Å². The molecule has 2 atom stereocenters. The van der Waals surface area contributed by atoms with Crippen LogP contribution in [0.1, 0.15) is 52.9 Å². The lowest BCUT2D eigenvalue weighted by atomic mass is 9.94. The number of aliphatic hydroxyl groups excluding tert-OH is 1. The second kappa shape index (κ2) is 8.69. The van der Waals surface area contributed by atoms with E-state index in [9.17, 15) is 19.2 Å². The molecule has 0 aromatic carbocycles. The number of carbonyl (C=O) groups is 4. The van der Waals surface area contributed by atoms with E-state index in [0.29, 0.717) is 6.42 Å². The van der Waals surface area contributed by atoms with Gasteiger partial charge in [-0.25, -0.2) is 0 Å². The molecule has 108 valence electrons. The number of ketones is 4.